The fourth-order valence-corrected chi connectivity index (χ4v) is 6.43. The monoisotopic (exact) mass is 612 g/mol. The van der Waals surface area contributed by atoms with Gasteiger partial charge in [-0.05, 0) is 75.6 Å². The quantitative estimate of drug-likeness (QED) is 0.318. The predicted molar refractivity (Wildman–Crippen MR) is 168 cm³/mol. The molecule has 0 radical (unpaired) electrons. The molecule has 5 atom stereocenters. The van der Waals surface area contributed by atoms with E-state index in [0.717, 1.165) is 23.1 Å². The Morgan fingerprint density at radius 2 is 1.95 bits per heavy atom. The van der Waals surface area contributed by atoms with E-state index in [2.05, 4.69) is 31.0 Å². The largest absolute Gasteiger partial charge is 0.444 e. The number of carbonyl (C=O) groups is 2. The zero-order chi connectivity index (χ0) is 31.4. The predicted octanol–water partition coefficient (Wildman–Crippen LogP) is 5.61. The summed E-state index contributed by atoms with van der Waals surface area (Å²) in [6.45, 7) is 12.1. The number of amides is 2. The maximum absolute atomic E-state index is 13.7. The number of benzene rings is 2. The number of nitrogens with zero attached hydrogens (tertiary/aromatic N) is 1. The third-order valence-corrected chi connectivity index (χ3v) is 8.64. The van der Waals surface area contributed by atoms with Gasteiger partial charge in [0, 0.05) is 23.0 Å². The van der Waals surface area contributed by atoms with Crippen LogP contribution in [0.25, 0.3) is 11.1 Å². The van der Waals surface area contributed by atoms with E-state index < -0.39 is 41.5 Å². The number of halogens is 1. The number of hydrogen-bond acceptors (Lipinski definition) is 6. The highest BCUT2D eigenvalue weighted by Crippen LogP contribution is 2.43. The zero-order valence-corrected chi connectivity index (χ0v) is 26.4. The number of alkyl carbamates (subject to hydrolysis) is 1. The van der Waals surface area contributed by atoms with Crippen molar-refractivity contribution in [3.63, 3.8) is 0 Å². The first-order chi connectivity index (χ1) is 20.4. The summed E-state index contributed by atoms with van der Waals surface area (Å²) in [6.07, 6.45) is 1.80. The highest BCUT2D eigenvalue weighted by atomic mass is 35.5. The van der Waals surface area contributed by atoms with E-state index in [4.69, 9.17) is 21.1 Å². The Bertz CT molecular complexity index is 1310. The van der Waals surface area contributed by atoms with Crippen molar-refractivity contribution in [1.82, 2.24) is 10.2 Å². The molecule has 2 aromatic rings. The molecule has 0 aromatic heterocycles. The average molecular weight is 613 g/mol. The average Bonchev–Trinajstić information content (AvgIpc) is 3.33. The molecule has 1 saturated heterocycles. The molecule has 3 N–H and O–H groups in total. The number of aliphatic hydroxyl groups is 2. The van der Waals surface area contributed by atoms with Crippen molar-refractivity contribution in [2.75, 3.05) is 19.7 Å². The van der Waals surface area contributed by atoms with Crippen molar-refractivity contribution in [2.24, 2.45) is 5.92 Å². The minimum Gasteiger partial charge on any atom is -0.444 e. The van der Waals surface area contributed by atoms with Crippen LogP contribution >= 0.6 is 11.6 Å². The van der Waals surface area contributed by atoms with Crippen LogP contribution in [0.5, 0.6) is 0 Å². The number of aryl methyl sites for hydroxylation is 1. The Hall–Kier alpha value is -2.91. The van der Waals surface area contributed by atoms with Gasteiger partial charge in [0.1, 0.15) is 17.3 Å². The minimum absolute atomic E-state index is 0.131. The Labute approximate surface area is 260 Å². The van der Waals surface area contributed by atoms with Gasteiger partial charge in [-0.2, -0.15) is 0 Å². The third-order valence-electron chi connectivity index (χ3n) is 8.32. The molecule has 9 heteroatoms. The lowest BCUT2D eigenvalue weighted by molar-refractivity contribution is -0.167. The molecule has 2 aromatic carbocycles. The fourth-order valence-electron chi connectivity index (χ4n) is 6.14. The van der Waals surface area contributed by atoms with E-state index in [0.29, 0.717) is 36.4 Å². The molecule has 2 amide bonds. The molecule has 1 aliphatic heterocycles. The van der Waals surface area contributed by atoms with Crippen molar-refractivity contribution in [2.45, 2.75) is 89.3 Å². The van der Waals surface area contributed by atoms with Crippen molar-refractivity contribution < 1.29 is 29.3 Å². The summed E-state index contributed by atoms with van der Waals surface area (Å²) >= 11 is 6.80. The van der Waals surface area contributed by atoms with Crippen LogP contribution in [-0.4, -0.2) is 70.7 Å². The molecule has 0 bridgehead atoms. The highest BCUT2D eigenvalue weighted by Gasteiger charge is 2.46. The van der Waals surface area contributed by atoms with Crippen LogP contribution in [0.1, 0.15) is 64.5 Å². The molecule has 1 unspecified atom stereocenters. The van der Waals surface area contributed by atoms with Crippen LogP contribution < -0.4 is 5.32 Å². The minimum atomic E-state index is -1.47. The Balaban J connectivity index is 1.57. The summed E-state index contributed by atoms with van der Waals surface area (Å²) < 4.78 is 11.5. The first-order valence-electron chi connectivity index (χ1n) is 15.2. The lowest BCUT2D eigenvalue weighted by Crippen LogP contribution is -2.55. The zero-order valence-electron chi connectivity index (χ0n) is 25.6. The molecule has 1 saturated carbocycles. The molecule has 43 heavy (non-hydrogen) atoms. The molecule has 4 rings (SSSR count). The van der Waals surface area contributed by atoms with Crippen molar-refractivity contribution in [1.29, 1.82) is 0 Å². The van der Waals surface area contributed by atoms with Gasteiger partial charge >= 0.3 is 6.09 Å². The molecular formula is C34H45ClN2O6. The van der Waals surface area contributed by atoms with Gasteiger partial charge < -0.3 is 29.9 Å². The molecule has 1 heterocycles. The van der Waals surface area contributed by atoms with Gasteiger partial charge in [0.25, 0.3) is 0 Å². The Morgan fingerprint density at radius 3 is 2.65 bits per heavy atom. The van der Waals surface area contributed by atoms with Gasteiger partial charge in [-0.15, -0.1) is 6.58 Å². The first-order valence-corrected chi connectivity index (χ1v) is 15.5. The molecule has 1 aliphatic carbocycles. The summed E-state index contributed by atoms with van der Waals surface area (Å²) in [5.74, 6) is -0.609. The van der Waals surface area contributed by atoms with Gasteiger partial charge in [-0.1, -0.05) is 61.0 Å². The van der Waals surface area contributed by atoms with Crippen molar-refractivity contribution >= 4 is 23.6 Å². The van der Waals surface area contributed by atoms with Gasteiger partial charge in [0.05, 0.1) is 25.3 Å². The Morgan fingerprint density at radius 1 is 1.21 bits per heavy atom. The standard InChI is InChI=1S/C34H45ClN2O6/c1-6-8-15-34(41,25-13-10-14-26(35)30(25)23-12-9-11-22(7-2)18-23)29-21-37(16-17-42-29)31(39)24-19-27(28(38)20-24)36-32(40)43-33(3,4)5/h6,9-14,18,24,27-29,38,41H,1,7-8,15-17,19-21H2,2-5H3,(H,36,40)/t24-,27?,28-,29+,34+/m0/s1. The number of hydrogen-bond donors (Lipinski definition) is 3. The summed E-state index contributed by atoms with van der Waals surface area (Å²) in [5, 5.41) is 26.4. The van der Waals surface area contributed by atoms with Crippen LogP contribution in [0, 0.1) is 5.92 Å². The van der Waals surface area contributed by atoms with Gasteiger partial charge in [0.2, 0.25) is 5.91 Å². The first kappa shape index (κ1) is 33.0. The maximum atomic E-state index is 13.7. The van der Waals surface area contributed by atoms with Crippen molar-refractivity contribution in [3.05, 3.63) is 71.3 Å². The van der Waals surface area contributed by atoms with Crippen LogP contribution in [0.4, 0.5) is 4.79 Å². The van der Waals surface area contributed by atoms with E-state index in [1.807, 2.05) is 30.3 Å². The molecule has 2 fully saturated rings. The number of rotatable bonds is 9. The van der Waals surface area contributed by atoms with E-state index in [1.165, 1.54) is 0 Å². The number of morpholine rings is 1. The van der Waals surface area contributed by atoms with Gasteiger partial charge in [-0.3, -0.25) is 4.79 Å². The topological polar surface area (TPSA) is 108 Å². The summed E-state index contributed by atoms with van der Waals surface area (Å²) in [4.78, 5) is 27.8. The molecule has 8 nitrogen and oxygen atoms in total. The summed E-state index contributed by atoms with van der Waals surface area (Å²) in [6, 6.07) is 13.1. The van der Waals surface area contributed by atoms with E-state index >= 15 is 0 Å². The van der Waals surface area contributed by atoms with Crippen molar-refractivity contribution in [3.8, 4) is 11.1 Å². The SMILES string of the molecule is C=CCC[C@@](O)(c1cccc(Cl)c1-c1cccc(CC)c1)[C@H]1CN(C(=O)[C@H]2CC(NC(=O)OC(C)(C)C)[C@@H](O)C2)CCO1. The number of allylic oxidation sites excluding steroid dienone is 1. The third kappa shape index (κ3) is 7.79. The molecule has 234 valence electrons. The second-order valence-corrected chi connectivity index (χ2v) is 13.0. The van der Waals surface area contributed by atoms with E-state index in [1.54, 1.807) is 31.7 Å². The smallest absolute Gasteiger partial charge is 0.407 e. The molecular weight excluding hydrogens is 568 g/mol. The van der Waals surface area contributed by atoms with Crippen LogP contribution in [0.2, 0.25) is 5.02 Å². The normalized spacial score (nSPS) is 23.8. The second-order valence-electron chi connectivity index (χ2n) is 12.6. The number of aliphatic hydroxyl groups excluding tert-OH is 1. The lowest BCUT2D eigenvalue weighted by atomic mass is 9.79. The maximum Gasteiger partial charge on any atom is 0.407 e. The number of ether oxygens (including phenoxy) is 2. The summed E-state index contributed by atoms with van der Waals surface area (Å²) in [5.41, 5.74) is 1.31. The molecule has 2 aliphatic rings. The van der Waals surface area contributed by atoms with Crippen LogP contribution in [-0.2, 0) is 26.3 Å². The van der Waals surface area contributed by atoms with Gasteiger partial charge in [-0.25, -0.2) is 4.79 Å². The van der Waals surface area contributed by atoms with E-state index in [9.17, 15) is 19.8 Å². The Kier molecular flexibility index (Phi) is 10.6. The lowest BCUT2D eigenvalue weighted by Gasteiger charge is -2.43. The fraction of sp³-hybridized carbons (Fsp3) is 0.529. The van der Waals surface area contributed by atoms with E-state index in [-0.39, 0.29) is 25.5 Å². The highest BCUT2D eigenvalue weighted by molar-refractivity contribution is 6.33. The van der Waals surface area contributed by atoms with Gasteiger partial charge in [0.15, 0.2) is 0 Å². The van der Waals surface area contributed by atoms with Crippen LogP contribution in [0.3, 0.4) is 0 Å². The second kappa shape index (κ2) is 13.8. The van der Waals surface area contributed by atoms with Crippen LogP contribution in [0.15, 0.2) is 55.1 Å². The number of carbonyl (C=O) groups excluding carboxylic acids is 2. The summed E-state index contributed by atoms with van der Waals surface area (Å²) in [7, 11) is 0. The number of nitrogens with one attached hydrogen (secondary N) is 1. The molecule has 0 spiro atoms.